The molecule has 0 spiro atoms. The fraction of sp³-hybridized carbons (Fsp3) is 0.565. The summed E-state index contributed by atoms with van der Waals surface area (Å²) in [4.78, 5) is 17.1. The molecule has 2 aliphatic rings. The molecule has 1 aromatic carbocycles. The number of methoxy groups -OCH3 is 1. The van der Waals surface area contributed by atoms with Crippen molar-refractivity contribution in [3.8, 4) is 0 Å². The first-order valence-electron chi connectivity index (χ1n) is 10.3. The van der Waals surface area contributed by atoms with E-state index in [1.165, 1.54) is 87.8 Å². The Morgan fingerprint density at radius 1 is 0.923 bits per heavy atom. The SMILES string of the molecule is COC(=O)c1cc(C2CCCCC2)c2cccc(C3CCCCC3)c2n1. The molecule has 0 radical (unpaired) electrons. The van der Waals surface area contributed by atoms with E-state index in [2.05, 4.69) is 18.2 Å². The minimum Gasteiger partial charge on any atom is -0.464 e. The van der Waals surface area contributed by atoms with Crippen LogP contribution in [-0.4, -0.2) is 18.1 Å². The summed E-state index contributed by atoms with van der Waals surface area (Å²) in [6, 6.07) is 8.64. The molecule has 0 unspecified atom stereocenters. The number of rotatable bonds is 3. The molecule has 2 saturated carbocycles. The highest BCUT2D eigenvalue weighted by atomic mass is 16.5. The zero-order chi connectivity index (χ0) is 17.9. The standard InChI is InChI=1S/C23H29NO2/c1-26-23(25)21-15-20(17-11-6-3-7-12-17)19-14-8-13-18(22(19)24-21)16-9-4-2-5-10-16/h8,13-17H,2-7,9-12H2,1H3. The maximum Gasteiger partial charge on any atom is 0.356 e. The molecule has 4 rings (SSSR count). The Labute approximate surface area is 156 Å². The van der Waals surface area contributed by atoms with E-state index in [4.69, 9.17) is 9.72 Å². The number of nitrogens with zero attached hydrogens (tertiary/aromatic N) is 1. The van der Waals surface area contributed by atoms with Gasteiger partial charge in [0, 0.05) is 5.39 Å². The summed E-state index contributed by atoms with van der Waals surface area (Å²) in [7, 11) is 1.45. The quantitative estimate of drug-likeness (QED) is 0.626. The Bertz CT molecular complexity index is 786. The van der Waals surface area contributed by atoms with Crippen molar-refractivity contribution in [3.63, 3.8) is 0 Å². The van der Waals surface area contributed by atoms with E-state index >= 15 is 0 Å². The Kier molecular flexibility index (Phi) is 5.23. The lowest BCUT2D eigenvalue weighted by Gasteiger charge is -2.26. The number of benzene rings is 1. The van der Waals surface area contributed by atoms with Crippen molar-refractivity contribution in [1.29, 1.82) is 0 Å². The molecule has 3 nitrogen and oxygen atoms in total. The van der Waals surface area contributed by atoms with Crippen LogP contribution < -0.4 is 0 Å². The average molecular weight is 351 g/mol. The molecule has 0 atom stereocenters. The minimum atomic E-state index is -0.317. The van der Waals surface area contributed by atoms with Crippen LogP contribution in [0.4, 0.5) is 0 Å². The van der Waals surface area contributed by atoms with Crippen LogP contribution in [0.25, 0.3) is 10.9 Å². The van der Waals surface area contributed by atoms with Crippen LogP contribution in [0.1, 0.15) is 97.7 Å². The second kappa shape index (κ2) is 7.77. The highest BCUT2D eigenvalue weighted by Gasteiger charge is 2.24. The minimum absolute atomic E-state index is 0.317. The van der Waals surface area contributed by atoms with Crippen molar-refractivity contribution < 1.29 is 9.53 Å². The molecule has 0 bridgehead atoms. The molecule has 0 amide bonds. The summed E-state index contributed by atoms with van der Waals surface area (Å²) in [6.07, 6.45) is 12.7. The topological polar surface area (TPSA) is 39.2 Å². The van der Waals surface area contributed by atoms with E-state index in [9.17, 15) is 4.79 Å². The van der Waals surface area contributed by atoms with Gasteiger partial charge in [-0.2, -0.15) is 0 Å². The molecule has 1 heterocycles. The number of fused-ring (bicyclic) bond motifs is 1. The Morgan fingerprint density at radius 2 is 1.54 bits per heavy atom. The Morgan fingerprint density at radius 3 is 2.15 bits per heavy atom. The zero-order valence-electron chi connectivity index (χ0n) is 15.8. The van der Waals surface area contributed by atoms with E-state index in [0.717, 1.165) is 5.52 Å². The number of hydrogen-bond acceptors (Lipinski definition) is 3. The van der Waals surface area contributed by atoms with Crippen LogP contribution in [0.5, 0.6) is 0 Å². The molecular weight excluding hydrogens is 322 g/mol. The van der Waals surface area contributed by atoms with Crippen molar-refractivity contribution in [3.05, 3.63) is 41.1 Å². The monoisotopic (exact) mass is 351 g/mol. The van der Waals surface area contributed by atoms with E-state index in [-0.39, 0.29) is 5.97 Å². The first kappa shape index (κ1) is 17.5. The molecule has 3 heteroatoms. The number of hydrogen-bond donors (Lipinski definition) is 0. The number of para-hydroxylation sites is 1. The molecule has 0 saturated heterocycles. The predicted octanol–water partition coefficient (Wildman–Crippen LogP) is 6.12. The zero-order valence-corrected chi connectivity index (χ0v) is 15.8. The molecular formula is C23H29NO2. The van der Waals surface area contributed by atoms with Crippen LogP contribution in [-0.2, 0) is 4.74 Å². The normalized spacial score (nSPS) is 19.6. The molecule has 1 aromatic heterocycles. The highest BCUT2D eigenvalue weighted by Crippen LogP contribution is 2.40. The largest absolute Gasteiger partial charge is 0.464 e. The molecule has 0 N–H and O–H groups in total. The number of ether oxygens (including phenoxy) is 1. The van der Waals surface area contributed by atoms with Crippen LogP contribution in [0.15, 0.2) is 24.3 Å². The summed E-state index contributed by atoms with van der Waals surface area (Å²) in [6.45, 7) is 0. The number of carbonyl (C=O) groups is 1. The third-order valence-corrected chi connectivity index (χ3v) is 6.39. The van der Waals surface area contributed by atoms with Crippen molar-refractivity contribution in [2.45, 2.75) is 76.0 Å². The number of carbonyl (C=O) groups excluding carboxylic acids is 1. The van der Waals surface area contributed by atoms with Crippen molar-refractivity contribution in [1.82, 2.24) is 4.98 Å². The van der Waals surface area contributed by atoms with E-state index in [1.807, 2.05) is 6.07 Å². The van der Waals surface area contributed by atoms with Gasteiger partial charge in [0.05, 0.1) is 12.6 Å². The van der Waals surface area contributed by atoms with Gasteiger partial charge in [-0.15, -0.1) is 0 Å². The second-order valence-corrected chi connectivity index (χ2v) is 8.00. The first-order valence-corrected chi connectivity index (χ1v) is 10.3. The van der Waals surface area contributed by atoms with Crippen LogP contribution >= 0.6 is 0 Å². The van der Waals surface area contributed by atoms with E-state index in [1.54, 1.807) is 0 Å². The lowest BCUT2D eigenvalue weighted by Crippen LogP contribution is -2.12. The molecule has 0 aliphatic heterocycles. The third kappa shape index (κ3) is 3.36. The Balaban J connectivity index is 1.87. The van der Waals surface area contributed by atoms with Gasteiger partial charge in [-0.25, -0.2) is 9.78 Å². The maximum atomic E-state index is 12.3. The van der Waals surface area contributed by atoms with Crippen LogP contribution in [0.3, 0.4) is 0 Å². The maximum absolute atomic E-state index is 12.3. The van der Waals surface area contributed by atoms with Gasteiger partial charge >= 0.3 is 5.97 Å². The molecule has 2 aliphatic carbocycles. The van der Waals surface area contributed by atoms with Gasteiger partial charge in [-0.3, -0.25) is 0 Å². The number of esters is 1. The molecule has 26 heavy (non-hydrogen) atoms. The van der Waals surface area contributed by atoms with E-state index < -0.39 is 0 Å². The van der Waals surface area contributed by atoms with Crippen LogP contribution in [0.2, 0.25) is 0 Å². The third-order valence-electron chi connectivity index (χ3n) is 6.39. The number of pyridine rings is 1. The second-order valence-electron chi connectivity index (χ2n) is 8.00. The average Bonchev–Trinajstić information content (AvgIpc) is 2.73. The van der Waals surface area contributed by atoms with Gasteiger partial charge in [-0.1, -0.05) is 56.7 Å². The van der Waals surface area contributed by atoms with Gasteiger partial charge in [0.2, 0.25) is 0 Å². The Hall–Kier alpha value is -1.90. The van der Waals surface area contributed by atoms with Gasteiger partial charge < -0.3 is 4.74 Å². The van der Waals surface area contributed by atoms with Gasteiger partial charge in [0.1, 0.15) is 5.69 Å². The molecule has 2 fully saturated rings. The summed E-state index contributed by atoms with van der Waals surface area (Å²) in [5.41, 5.74) is 4.17. The molecule has 2 aromatic rings. The van der Waals surface area contributed by atoms with Crippen molar-refractivity contribution in [2.75, 3.05) is 7.11 Å². The lowest BCUT2D eigenvalue weighted by molar-refractivity contribution is 0.0594. The van der Waals surface area contributed by atoms with Gasteiger partial charge in [-0.05, 0) is 54.7 Å². The lowest BCUT2D eigenvalue weighted by atomic mass is 9.80. The summed E-state index contributed by atoms with van der Waals surface area (Å²) < 4.78 is 5.01. The number of aromatic nitrogens is 1. The summed E-state index contributed by atoms with van der Waals surface area (Å²) in [5.74, 6) is 0.800. The summed E-state index contributed by atoms with van der Waals surface area (Å²) in [5, 5.41) is 1.26. The van der Waals surface area contributed by atoms with Crippen LogP contribution in [0, 0.1) is 0 Å². The van der Waals surface area contributed by atoms with Crippen molar-refractivity contribution >= 4 is 16.9 Å². The summed E-state index contributed by atoms with van der Waals surface area (Å²) >= 11 is 0. The highest BCUT2D eigenvalue weighted by molar-refractivity contribution is 5.94. The predicted molar refractivity (Wildman–Crippen MR) is 105 cm³/mol. The fourth-order valence-corrected chi connectivity index (χ4v) is 5.00. The van der Waals surface area contributed by atoms with Gasteiger partial charge in [0.25, 0.3) is 0 Å². The van der Waals surface area contributed by atoms with Gasteiger partial charge in [0.15, 0.2) is 0 Å². The van der Waals surface area contributed by atoms with E-state index in [0.29, 0.717) is 17.5 Å². The smallest absolute Gasteiger partial charge is 0.356 e. The van der Waals surface area contributed by atoms with Crippen molar-refractivity contribution in [2.24, 2.45) is 0 Å². The molecule has 138 valence electrons. The fourth-order valence-electron chi connectivity index (χ4n) is 5.00. The first-order chi connectivity index (χ1) is 12.8.